The van der Waals surface area contributed by atoms with Gasteiger partial charge in [0.15, 0.2) is 11.6 Å². The summed E-state index contributed by atoms with van der Waals surface area (Å²) in [4.78, 5) is 12.2. The van der Waals surface area contributed by atoms with Crippen molar-refractivity contribution in [3.63, 3.8) is 0 Å². The Balaban J connectivity index is 1.76. The molecule has 0 radical (unpaired) electrons. The van der Waals surface area contributed by atoms with Crippen LogP contribution in [0.4, 0.5) is 14.7 Å². The van der Waals surface area contributed by atoms with E-state index in [1.54, 1.807) is 36.8 Å². The first-order valence-corrected chi connectivity index (χ1v) is 6.80. The molecule has 0 saturated carbocycles. The van der Waals surface area contributed by atoms with Crippen molar-refractivity contribution in [1.29, 1.82) is 0 Å². The van der Waals surface area contributed by atoms with Crippen molar-refractivity contribution in [1.82, 2.24) is 15.0 Å². The van der Waals surface area contributed by atoms with Gasteiger partial charge in [-0.3, -0.25) is 0 Å². The summed E-state index contributed by atoms with van der Waals surface area (Å²) < 4.78 is 31.7. The van der Waals surface area contributed by atoms with Crippen LogP contribution in [0.2, 0.25) is 0 Å². The van der Waals surface area contributed by atoms with E-state index in [2.05, 4.69) is 20.3 Å². The van der Waals surface area contributed by atoms with Crippen molar-refractivity contribution in [3.05, 3.63) is 72.2 Å². The minimum absolute atomic E-state index is 0.166. The first-order valence-electron chi connectivity index (χ1n) is 6.80. The molecule has 5 nitrogen and oxygen atoms in total. The molecular formula is C16H12F2N4O. The maximum absolute atomic E-state index is 13.2. The number of aromatic nitrogens is 3. The fourth-order valence-electron chi connectivity index (χ4n) is 1.87. The van der Waals surface area contributed by atoms with Crippen LogP contribution in [-0.2, 0) is 6.54 Å². The second-order valence-electron chi connectivity index (χ2n) is 4.57. The lowest BCUT2D eigenvalue weighted by Crippen LogP contribution is -2.05. The number of pyridine rings is 1. The molecule has 0 aliphatic rings. The Morgan fingerprint density at radius 1 is 0.913 bits per heavy atom. The maximum atomic E-state index is 13.2. The number of ether oxygens (including phenoxy) is 1. The summed E-state index contributed by atoms with van der Waals surface area (Å²) in [7, 11) is 0. The summed E-state index contributed by atoms with van der Waals surface area (Å²) in [6.07, 6.45) is 4.80. The van der Waals surface area contributed by atoms with E-state index in [-0.39, 0.29) is 5.75 Å². The van der Waals surface area contributed by atoms with Gasteiger partial charge in [-0.1, -0.05) is 6.07 Å². The zero-order valence-corrected chi connectivity index (χ0v) is 11.9. The van der Waals surface area contributed by atoms with Gasteiger partial charge in [-0.05, 0) is 24.3 Å². The standard InChI is InChI=1S/C16H12F2N4O/c17-13-5-4-12(9-14(13)18)23-15-11(3-1-6-19-15)10-22-16-20-7-2-8-21-16/h1-9H,10H2,(H,20,21,22). The molecule has 0 aliphatic carbocycles. The van der Waals surface area contributed by atoms with Gasteiger partial charge in [0.05, 0.1) is 0 Å². The Morgan fingerprint density at radius 2 is 1.70 bits per heavy atom. The summed E-state index contributed by atoms with van der Waals surface area (Å²) in [6.45, 7) is 0.372. The molecule has 1 aromatic carbocycles. The number of benzene rings is 1. The lowest BCUT2D eigenvalue weighted by atomic mass is 10.2. The molecule has 23 heavy (non-hydrogen) atoms. The average molecular weight is 314 g/mol. The Kier molecular flexibility index (Phi) is 4.37. The van der Waals surface area contributed by atoms with Gasteiger partial charge in [0.1, 0.15) is 5.75 Å². The third kappa shape index (κ3) is 3.76. The molecule has 0 atom stereocenters. The largest absolute Gasteiger partial charge is 0.439 e. The predicted molar refractivity (Wildman–Crippen MR) is 80.0 cm³/mol. The minimum Gasteiger partial charge on any atom is -0.439 e. The van der Waals surface area contributed by atoms with Crippen LogP contribution in [0.1, 0.15) is 5.56 Å². The van der Waals surface area contributed by atoms with Crippen LogP contribution in [0.5, 0.6) is 11.6 Å². The zero-order valence-electron chi connectivity index (χ0n) is 11.9. The van der Waals surface area contributed by atoms with E-state index in [1.165, 1.54) is 6.07 Å². The fourth-order valence-corrected chi connectivity index (χ4v) is 1.87. The van der Waals surface area contributed by atoms with Crippen molar-refractivity contribution in [2.75, 3.05) is 5.32 Å². The Morgan fingerprint density at radius 3 is 2.48 bits per heavy atom. The van der Waals surface area contributed by atoms with E-state index in [9.17, 15) is 8.78 Å². The molecule has 2 aromatic heterocycles. The number of hydrogen-bond acceptors (Lipinski definition) is 5. The molecule has 1 N–H and O–H groups in total. The first-order chi connectivity index (χ1) is 11.2. The highest BCUT2D eigenvalue weighted by atomic mass is 19.2. The molecule has 116 valence electrons. The van der Waals surface area contributed by atoms with Crippen molar-refractivity contribution in [2.24, 2.45) is 0 Å². The van der Waals surface area contributed by atoms with E-state index in [1.807, 2.05) is 0 Å². The van der Waals surface area contributed by atoms with Gasteiger partial charge in [0.25, 0.3) is 0 Å². The summed E-state index contributed by atoms with van der Waals surface area (Å²) in [6, 6.07) is 8.58. The minimum atomic E-state index is -0.976. The molecule has 0 unspecified atom stereocenters. The van der Waals surface area contributed by atoms with Crippen molar-refractivity contribution < 1.29 is 13.5 Å². The summed E-state index contributed by atoms with van der Waals surface area (Å²) >= 11 is 0. The van der Waals surface area contributed by atoms with Crippen LogP contribution >= 0.6 is 0 Å². The van der Waals surface area contributed by atoms with Crippen LogP contribution in [0.25, 0.3) is 0 Å². The van der Waals surface area contributed by atoms with E-state index < -0.39 is 11.6 Å². The lowest BCUT2D eigenvalue weighted by molar-refractivity contribution is 0.443. The topological polar surface area (TPSA) is 59.9 Å². The number of anilines is 1. The molecule has 3 aromatic rings. The fraction of sp³-hybridized carbons (Fsp3) is 0.0625. The normalized spacial score (nSPS) is 10.3. The van der Waals surface area contributed by atoms with E-state index in [0.29, 0.717) is 18.4 Å². The first kappa shape index (κ1) is 14.8. The van der Waals surface area contributed by atoms with E-state index >= 15 is 0 Å². The third-order valence-corrected chi connectivity index (χ3v) is 2.96. The predicted octanol–water partition coefficient (Wildman–Crippen LogP) is 3.55. The highest BCUT2D eigenvalue weighted by molar-refractivity contribution is 5.35. The molecular weight excluding hydrogens is 302 g/mol. The molecule has 0 aliphatic heterocycles. The van der Waals surface area contributed by atoms with Gasteiger partial charge < -0.3 is 10.1 Å². The van der Waals surface area contributed by atoms with Crippen molar-refractivity contribution in [2.45, 2.75) is 6.54 Å². The molecule has 0 bridgehead atoms. The van der Waals surface area contributed by atoms with Gasteiger partial charge in [-0.25, -0.2) is 23.7 Å². The zero-order chi connectivity index (χ0) is 16.1. The molecule has 3 rings (SSSR count). The number of nitrogens with zero attached hydrogens (tertiary/aromatic N) is 3. The van der Waals surface area contributed by atoms with Gasteiger partial charge in [-0.2, -0.15) is 0 Å². The smallest absolute Gasteiger partial charge is 0.224 e. The van der Waals surface area contributed by atoms with E-state index in [0.717, 1.165) is 17.7 Å². The average Bonchev–Trinajstić information content (AvgIpc) is 2.58. The van der Waals surface area contributed by atoms with Gasteiger partial charge >= 0.3 is 0 Å². The number of rotatable bonds is 5. The SMILES string of the molecule is Fc1ccc(Oc2ncccc2CNc2ncccn2)cc1F. The maximum Gasteiger partial charge on any atom is 0.224 e. The quantitative estimate of drug-likeness (QED) is 0.780. The molecule has 0 saturated heterocycles. The van der Waals surface area contributed by atoms with E-state index in [4.69, 9.17) is 4.74 Å². The van der Waals surface area contributed by atoms with Crippen LogP contribution in [0, 0.1) is 11.6 Å². The molecule has 0 amide bonds. The monoisotopic (exact) mass is 314 g/mol. The number of nitrogens with one attached hydrogen (secondary N) is 1. The summed E-state index contributed by atoms with van der Waals surface area (Å²) in [5.74, 6) is -0.978. The Labute approximate surface area is 131 Å². The van der Waals surface area contributed by atoms with Crippen LogP contribution in [-0.4, -0.2) is 15.0 Å². The van der Waals surface area contributed by atoms with Gasteiger partial charge in [0.2, 0.25) is 11.8 Å². The number of halogens is 2. The van der Waals surface area contributed by atoms with Crippen molar-refractivity contribution in [3.8, 4) is 11.6 Å². The lowest BCUT2D eigenvalue weighted by Gasteiger charge is -2.10. The molecule has 0 spiro atoms. The van der Waals surface area contributed by atoms with Crippen LogP contribution in [0.3, 0.4) is 0 Å². The molecule has 7 heteroatoms. The summed E-state index contributed by atoms with van der Waals surface area (Å²) in [5, 5.41) is 3.03. The highest BCUT2D eigenvalue weighted by Gasteiger charge is 2.09. The van der Waals surface area contributed by atoms with Crippen molar-refractivity contribution >= 4 is 5.95 Å². The second-order valence-corrected chi connectivity index (χ2v) is 4.57. The highest BCUT2D eigenvalue weighted by Crippen LogP contribution is 2.24. The Bertz CT molecular complexity index is 799. The van der Waals surface area contributed by atoms with Gasteiger partial charge in [-0.15, -0.1) is 0 Å². The second kappa shape index (κ2) is 6.78. The third-order valence-electron chi connectivity index (χ3n) is 2.96. The van der Waals surface area contributed by atoms with Crippen LogP contribution < -0.4 is 10.1 Å². The van der Waals surface area contributed by atoms with Gasteiger partial charge in [0, 0.05) is 36.8 Å². The molecule has 2 heterocycles. The summed E-state index contributed by atoms with van der Waals surface area (Å²) in [5.41, 5.74) is 0.727. The number of hydrogen-bond donors (Lipinski definition) is 1. The molecule has 0 fully saturated rings. The van der Waals surface area contributed by atoms with Crippen LogP contribution in [0.15, 0.2) is 55.0 Å². The Hall–Kier alpha value is -3.09.